The van der Waals surface area contributed by atoms with Crippen molar-refractivity contribution in [3.05, 3.63) is 35.4 Å². The minimum Gasteiger partial charge on any atom is -0.480 e. The van der Waals surface area contributed by atoms with Gasteiger partial charge < -0.3 is 5.11 Å². The summed E-state index contributed by atoms with van der Waals surface area (Å²) in [4.78, 5) is 22.7. The van der Waals surface area contributed by atoms with Crippen LogP contribution >= 0.6 is 22.9 Å². The van der Waals surface area contributed by atoms with Gasteiger partial charge in [-0.2, -0.15) is 0 Å². The Kier molecular flexibility index (Phi) is 2.64. The van der Waals surface area contributed by atoms with Gasteiger partial charge in [0.25, 0.3) is 5.91 Å². The van der Waals surface area contributed by atoms with E-state index in [1.807, 2.05) is 6.07 Å². The summed E-state index contributed by atoms with van der Waals surface area (Å²) < 4.78 is 1.25. The summed E-state index contributed by atoms with van der Waals surface area (Å²) in [6.45, 7) is 0. The minimum absolute atomic E-state index is 0.232. The zero-order chi connectivity index (χ0) is 11.0. The number of benzene rings is 1. The Balaban J connectivity index is 2.45. The van der Waals surface area contributed by atoms with Crippen LogP contribution in [-0.4, -0.2) is 26.1 Å². The van der Waals surface area contributed by atoms with Gasteiger partial charge in [-0.3, -0.25) is 7.91 Å². The van der Waals surface area contributed by atoms with E-state index in [1.165, 1.54) is 3.11 Å². The molecule has 1 aromatic rings. The largest absolute Gasteiger partial charge is 0.480 e. The molecule has 1 aliphatic heterocycles. The molecule has 1 unspecified atom stereocenters. The Bertz CT molecular complexity index is 432. The van der Waals surface area contributed by atoms with E-state index in [1.54, 1.807) is 41.1 Å². The third-order valence-corrected chi connectivity index (χ3v) is 3.52. The molecular weight excluding hydrogens is 309 g/mol. The molecule has 1 amide bonds. The number of carbonyl (C=O) groups is 2. The van der Waals surface area contributed by atoms with Crippen molar-refractivity contribution in [2.75, 3.05) is 0 Å². The fourth-order valence-corrected chi connectivity index (χ4v) is 2.33. The van der Waals surface area contributed by atoms with Gasteiger partial charge in [-0.15, -0.1) is 0 Å². The molecule has 78 valence electrons. The molecule has 2 rings (SSSR count). The van der Waals surface area contributed by atoms with Crippen molar-refractivity contribution in [1.82, 2.24) is 3.11 Å². The van der Waals surface area contributed by atoms with E-state index in [9.17, 15) is 9.59 Å². The highest BCUT2D eigenvalue weighted by Crippen LogP contribution is 2.25. The Labute approximate surface area is 100 Å². The normalized spacial score (nSPS) is 19.9. The summed E-state index contributed by atoms with van der Waals surface area (Å²) >= 11 is 1.76. The molecular formula is C10H8INO3. The third kappa shape index (κ3) is 1.71. The summed E-state index contributed by atoms with van der Waals surface area (Å²) in [5.74, 6) is -1.20. The van der Waals surface area contributed by atoms with Crippen molar-refractivity contribution in [3.63, 3.8) is 0 Å². The second kappa shape index (κ2) is 3.80. The predicted octanol–water partition coefficient (Wildman–Crippen LogP) is 1.49. The second-order valence-corrected chi connectivity index (χ2v) is 4.37. The van der Waals surface area contributed by atoms with E-state index < -0.39 is 12.0 Å². The Morgan fingerprint density at radius 3 is 2.80 bits per heavy atom. The van der Waals surface area contributed by atoms with Crippen molar-refractivity contribution in [3.8, 4) is 0 Å². The van der Waals surface area contributed by atoms with Crippen LogP contribution in [-0.2, 0) is 11.2 Å². The van der Waals surface area contributed by atoms with E-state index >= 15 is 0 Å². The van der Waals surface area contributed by atoms with Crippen LogP contribution in [0, 0.1) is 0 Å². The maximum atomic E-state index is 11.8. The smallest absolute Gasteiger partial charge is 0.327 e. The van der Waals surface area contributed by atoms with Crippen molar-refractivity contribution in [2.45, 2.75) is 12.5 Å². The zero-order valence-corrected chi connectivity index (χ0v) is 9.84. The summed E-state index contributed by atoms with van der Waals surface area (Å²) in [6.07, 6.45) is 0.375. The maximum Gasteiger partial charge on any atom is 0.327 e. The molecule has 0 saturated carbocycles. The van der Waals surface area contributed by atoms with Crippen molar-refractivity contribution in [2.24, 2.45) is 0 Å². The minimum atomic E-state index is -0.966. The quantitative estimate of drug-likeness (QED) is 0.631. The summed E-state index contributed by atoms with van der Waals surface area (Å²) in [6, 6.07) is 6.36. The number of rotatable bonds is 1. The Morgan fingerprint density at radius 2 is 2.13 bits per heavy atom. The highest BCUT2D eigenvalue weighted by Gasteiger charge is 2.35. The van der Waals surface area contributed by atoms with Gasteiger partial charge in [0.05, 0.1) is 22.9 Å². The predicted molar refractivity (Wildman–Crippen MR) is 61.8 cm³/mol. The topological polar surface area (TPSA) is 57.6 Å². The molecule has 1 aromatic carbocycles. The molecule has 4 nitrogen and oxygen atoms in total. The van der Waals surface area contributed by atoms with Gasteiger partial charge in [0.1, 0.15) is 6.04 Å². The van der Waals surface area contributed by atoms with Gasteiger partial charge in [0, 0.05) is 12.0 Å². The lowest BCUT2D eigenvalue weighted by atomic mass is 9.95. The van der Waals surface area contributed by atoms with Crippen molar-refractivity contribution in [1.29, 1.82) is 0 Å². The van der Waals surface area contributed by atoms with Crippen LogP contribution in [0.3, 0.4) is 0 Å². The molecule has 0 bridgehead atoms. The average Bonchev–Trinajstić information content (AvgIpc) is 2.23. The fourth-order valence-electron chi connectivity index (χ4n) is 1.64. The van der Waals surface area contributed by atoms with E-state index in [4.69, 9.17) is 5.11 Å². The number of aliphatic carboxylic acids is 1. The molecule has 0 radical (unpaired) electrons. The zero-order valence-electron chi connectivity index (χ0n) is 7.68. The molecule has 0 saturated heterocycles. The monoisotopic (exact) mass is 317 g/mol. The lowest BCUT2D eigenvalue weighted by Crippen LogP contribution is -2.44. The molecule has 5 heteroatoms. The average molecular weight is 317 g/mol. The van der Waals surface area contributed by atoms with E-state index in [0.717, 1.165) is 5.56 Å². The molecule has 0 fully saturated rings. The van der Waals surface area contributed by atoms with Crippen LogP contribution in [0.1, 0.15) is 15.9 Å². The van der Waals surface area contributed by atoms with Gasteiger partial charge in [0.2, 0.25) is 0 Å². The van der Waals surface area contributed by atoms with Crippen LogP contribution in [0.25, 0.3) is 0 Å². The van der Waals surface area contributed by atoms with E-state index in [2.05, 4.69) is 0 Å². The first-order valence-electron chi connectivity index (χ1n) is 4.41. The third-order valence-electron chi connectivity index (χ3n) is 2.41. The number of fused-ring (bicyclic) bond motifs is 1. The number of carbonyl (C=O) groups excluding carboxylic acids is 1. The maximum absolute atomic E-state index is 11.8. The molecule has 1 N–H and O–H groups in total. The molecule has 1 atom stereocenters. The first-order valence-corrected chi connectivity index (χ1v) is 5.38. The number of hydrogen-bond donors (Lipinski definition) is 1. The van der Waals surface area contributed by atoms with Gasteiger partial charge in [-0.25, -0.2) is 4.79 Å². The van der Waals surface area contributed by atoms with Crippen LogP contribution < -0.4 is 0 Å². The van der Waals surface area contributed by atoms with Crippen molar-refractivity contribution < 1.29 is 14.7 Å². The first-order chi connectivity index (χ1) is 7.11. The van der Waals surface area contributed by atoms with Gasteiger partial charge in [-0.05, 0) is 11.6 Å². The summed E-state index contributed by atoms with van der Waals surface area (Å²) in [7, 11) is 0. The standard InChI is InChI=1S/C10H8INO3/c11-12-8(10(14)15)5-6-3-1-2-4-7(6)9(12)13/h1-4,8H,5H2,(H,14,15). The van der Waals surface area contributed by atoms with E-state index in [-0.39, 0.29) is 5.91 Å². The van der Waals surface area contributed by atoms with Crippen molar-refractivity contribution >= 4 is 34.7 Å². The number of hydrogen-bond acceptors (Lipinski definition) is 2. The van der Waals surface area contributed by atoms with Crippen LogP contribution in [0.5, 0.6) is 0 Å². The Morgan fingerprint density at radius 1 is 1.47 bits per heavy atom. The van der Waals surface area contributed by atoms with Gasteiger partial charge in [0.15, 0.2) is 0 Å². The SMILES string of the molecule is O=C(O)C1Cc2ccccc2C(=O)N1I. The lowest BCUT2D eigenvalue weighted by Gasteiger charge is -2.28. The number of carboxylic acid groups (broad SMARTS) is 1. The summed E-state index contributed by atoms with van der Waals surface area (Å²) in [5.41, 5.74) is 1.41. The number of carboxylic acids is 1. The molecule has 1 aliphatic rings. The molecule has 1 heterocycles. The van der Waals surface area contributed by atoms with Crippen LogP contribution in [0.4, 0.5) is 0 Å². The lowest BCUT2D eigenvalue weighted by molar-refractivity contribution is -0.140. The second-order valence-electron chi connectivity index (χ2n) is 3.33. The molecule has 0 aromatic heterocycles. The molecule has 0 spiro atoms. The first kappa shape index (κ1) is 10.4. The number of nitrogens with zero attached hydrogens (tertiary/aromatic N) is 1. The molecule has 15 heavy (non-hydrogen) atoms. The summed E-state index contributed by atoms with van der Waals surface area (Å²) in [5, 5.41) is 8.95. The number of halogens is 1. The van der Waals surface area contributed by atoms with Gasteiger partial charge >= 0.3 is 5.97 Å². The fraction of sp³-hybridized carbons (Fsp3) is 0.200. The van der Waals surface area contributed by atoms with Crippen LogP contribution in [0.15, 0.2) is 24.3 Å². The van der Waals surface area contributed by atoms with E-state index in [0.29, 0.717) is 12.0 Å². The molecule has 0 aliphatic carbocycles. The number of amides is 1. The van der Waals surface area contributed by atoms with Crippen LogP contribution in [0.2, 0.25) is 0 Å². The highest BCUT2D eigenvalue weighted by atomic mass is 127. The Hall–Kier alpha value is -1.11. The highest BCUT2D eigenvalue weighted by molar-refractivity contribution is 14.1. The van der Waals surface area contributed by atoms with Gasteiger partial charge in [-0.1, -0.05) is 18.2 Å².